The Labute approximate surface area is 179 Å². The van der Waals surface area contributed by atoms with Gasteiger partial charge in [-0.05, 0) is 48.8 Å². The number of carbonyl (C=O) groups excluding carboxylic acids is 2. The number of piperidine rings is 1. The number of ether oxygens (including phenoxy) is 1. The van der Waals surface area contributed by atoms with Gasteiger partial charge in [0.1, 0.15) is 0 Å². The normalized spacial score (nSPS) is 19.2. The highest BCUT2D eigenvalue weighted by atomic mass is 16.5. The van der Waals surface area contributed by atoms with Gasteiger partial charge in [-0.2, -0.15) is 0 Å². The van der Waals surface area contributed by atoms with Crippen molar-refractivity contribution in [3.8, 4) is 5.97 Å². The maximum absolute atomic E-state index is 12.1. The van der Waals surface area contributed by atoms with Crippen LogP contribution in [0.2, 0.25) is 12.6 Å². The van der Waals surface area contributed by atoms with Crippen LogP contribution in [-0.4, -0.2) is 38.8 Å². The number of rotatable bonds is 7. The van der Waals surface area contributed by atoms with Gasteiger partial charge in [-0.1, -0.05) is 37.6 Å². The molecule has 0 aromatic heterocycles. The highest BCUT2D eigenvalue weighted by Gasteiger charge is 2.31. The Kier molecular flexibility index (Phi) is 7.78. The smallest absolute Gasteiger partial charge is 0.313 e. The number of amides is 1. The number of nitrogens with zero attached hydrogens (tertiary/aromatic N) is 2. The Morgan fingerprint density at radius 3 is 2.30 bits per heavy atom. The van der Waals surface area contributed by atoms with Gasteiger partial charge in [0.2, 0.25) is 5.91 Å². The summed E-state index contributed by atoms with van der Waals surface area (Å²) in [5, 5.41) is 9.10. The molecule has 1 unspecified atom stereocenters. The average molecular weight is 409 g/mol. The molecule has 6 nitrogen and oxygen atoms in total. The molecule has 160 valence electrons. The van der Waals surface area contributed by atoms with Crippen LogP contribution in [0.15, 0.2) is 24.3 Å². The summed E-state index contributed by atoms with van der Waals surface area (Å²) in [6.45, 7) is 2.37. The fourth-order valence-corrected chi connectivity index (χ4v) is 5.12. The summed E-state index contributed by atoms with van der Waals surface area (Å²) < 4.78 is 4.91. The summed E-state index contributed by atoms with van der Waals surface area (Å²) in [4.78, 5) is 25.7. The lowest BCUT2D eigenvalue weighted by molar-refractivity contribution is -0.142. The Morgan fingerprint density at radius 1 is 1.17 bits per heavy atom. The Balaban J connectivity index is 1.55. The minimum atomic E-state index is -0.467. The largest absolute Gasteiger partial charge is 0.469 e. The minimum absolute atomic E-state index is 0.158. The third-order valence-electron chi connectivity index (χ3n) is 6.99. The SMILES string of the molecule is COC(=O)C(CCC(N)=O)c1ccc(N2CCC(C3CCB(C#N)CC3)CC2)cc1. The van der Waals surface area contributed by atoms with Gasteiger partial charge >= 0.3 is 5.97 Å². The first-order valence-electron chi connectivity index (χ1n) is 11.1. The van der Waals surface area contributed by atoms with Crippen LogP contribution < -0.4 is 10.6 Å². The molecule has 2 aliphatic heterocycles. The van der Waals surface area contributed by atoms with Crippen LogP contribution in [0, 0.1) is 23.1 Å². The van der Waals surface area contributed by atoms with Crippen molar-refractivity contribution < 1.29 is 14.3 Å². The van der Waals surface area contributed by atoms with Crippen LogP contribution in [0.5, 0.6) is 0 Å². The van der Waals surface area contributed by atoms with Crippen molar-refractivity contribution in [2.45, 2.75) is 57.1 Å². The van der Waals surface area contributed by atoms with Gasteiger partial charge in [-0.25, -0.2) is 5.26 Å². The van der Waals surface area contributed by atoms with Gasteiger partial charge < -0.3 is 15.4 Å². The summed E-state index contributed by atoms with van der Waals surface area (Å²) in [6, 6.07) is 8.06. The lowest BCUT2D eigenvalue weighted by Gasteiger charge is -2.39. The molecule has 1 aromatic carbocycles. The van der Waals surface area contributed by atoms with Gasteiger partial charge in [-0.15, -0.1) is 0 Å². The maximum atomic E-state index is 12.1. The molecule has 0 bridgehead atoms. The quantitative estimate of drug-likeness (QED) is 0.550. The number of benzene rings is 1. The van der Waals surface area contributed by atoms with Crippen molar-refractivity contribution in [3.05, 3.63) is 29.8 Å². The molecule has 2 heterocycles. The van der Waals surface area contributed by atoms with E-state index in [1.165, 1.54) is 38.5 Å². The lowest BCUT2D eigenvalue weighted by atomic mass is 9.41. The first-order chi connectivity index (χ1) is 14.5. The van der Waals surface area contributed by atoms with Crippen molar-refractivity contribution in [1.29, 1.82) is 5.26 Å². The van der Waals surface area contributed by atoms with E-state index in [9.17, 15) is 9.59 Å². The van der Waals surface area contributed by atoms with E-state index in [0.717, 1.165) is 43.1 Å². The number of anilines is 1. The van der Waals surface area contributed by atoms with Crippen LogP contribution in [0.4, 0.5) is 5.69 Å². The van der Waals surface area contributed by atoms with Crippen molar-refractivity contribution in [1.82, 2.24) is 0 Å². The molecule has 2 N–H and O–H groups in total. The Bertz CT molecular complexity index is 761. The van der Waals surface area contributed by atoms with Crippen molar-refractivity contribution >= 4 is 24.3 Å². The predicted octanol–water partition coefficient (Wildman–Crippen LogP) is 3.39. The highest BCUT2D eigenvalue weighted by molar-refractivity contribution is 6.67. The number of hydrogen-bond acceptors (Lipinski definition) is 5. The topological polar surface area (TPSA) is 96.4 Å². The molecule has 30 heavy (non-hydrogen) atoms. The van der Waals surface area contributed by atoms with E-state index < -0.39 is 11.8 Å². The number of nitriles is 1. The third kappa shape index (κ3) is 5.56. The number of methoxy groups -OCH3 is 1. The summed E-state index contributed by atoms with van der Waals surface area (Å²) in [5.74, 6) is 2.77. The van der Waals surface area contributed by atoms with Gasteiger partial charge in [0.05, 0.1) is 13.0 Å². The van der Waals surface area contributed by atoms with Crippen LogP contribution in [0.3, 0.4) is 0 Å². The van der Waals surface area contributed by atoms with Gasteiger partial charge in [0, 0.05) is 31.2 Å². The molecule has 1 aromatic rings. The van der Waals surface area contributed by atoms with E-state index in [-0.39, 0.29) is 19.1 Å². The van der Waals surface area contributed by atoms with Gasteiger partial charge in [-0.3, -0.25) is 9.59 Å². The van der Waals surface area contributed by atoms with Crippen molar-refractivity contribution in [2.24, 2.45) is 17.6 Å². The minimum Gasteiger partial charge on any atom is -0.469 e. The van der Waals surface area contributed by atoms with Gasteiger partial charge in [0.25, 0.3) is 6.71 Å². The molecule has 2 aliphatic rings. The first kappa shape index (κ1) is 22.2. The van der Waals surface area contributed by atoms with Crippen LogP contribution in [0.1, 0.15) is 50.0 Å². The lowest BCUT2D eigenvalue weighted by Crippen LogP contribution is -2.37. The van der Waals surface area contributed by atoms with E-state index in [2.05, 4.69) is 23.0 Å². The zero-order valence-corrected chi connectivity index (χ0v) is 17.9. The fourth-order valence-electron chi connectivity index (χ4n) is 5.12. The van der Waals surface area contributed by atoms with E-state index in [0.29, 0.717) is 6.42 Å². The average Bonchev–Trinajstić information content (AvgIpc) is 2.79. The summed E-state index contributed by atoms with van der Waals surface area (Å²) >= 11 is 0. The molecule has 7 heteroatoms. The zero-order chi connectivity index (χ0) is 21.5. The zero-order valence-electron chi connectivity index (χ0n) is 17.9. The second-order valence-electron chi connectivity index (χ2n) is 8.74. The van der Waals surface area contributed by atoms with Crippen molar-refractivity contribution in [3.63, 3.8) is 0 Å². The number of hydrogen-bond donors (Lipinski definition) is 1. The number of nitrogens with two attached hydrogens (primary N) is 1. The van der Waals surface area contributed by atoms with E-state index in [1.54, 1.807) is 0 Å². The van der Waals surface area contributed by atoms with Crippen LogP contribution in [-0.2, 0) is 14.3 Å². The fraction of sp³-hybridized carbons (Fsp3) is 0.609. The van der Waals surface area contributed by atoms with Crippen LogP contribution >= 0.6 is 0 Å². The molecular weight excluding hydrogens is 377 g/mol. The summed E-state index contributed by atoms with van der Waals surface area (Å²) in [7, 11) is 1.37. The predicted molar refractivity (Wildman–Crippen MR) is 118 cm³/mol. The highest BCUT2D eigenvalue weighted by Crippen LogP contribution is 2.37. The molecule has 0 spiro atoms. The molecular formula is C23H32BN3O3. The van der Waals surface area contributed by atoms with Crippen LogP contribution in [0.25, 0.3) is 0 Å². The Morgan fingerprint density at radius 2 is 1.77 bits per heavy atom. The van der Waals surface area contributed by atoms with E-state index >= 15 is 0 Å². The Hall–Kier alpha value is -2.49. The summed E-state index contributed by atoms with van der Waals surface area (Å²) in [5.41, 5.74) is 7.28. The maximum Gasteiger partial charge on any atom is 0.313 e. The number of esters is 1. The number of carbonyl (C=O) groups is 2. The molecule has 0 saturated carbocycles. The molecule has 2 fully saturated rings. The second-order valence-corrected chi connectivity index (χ2v) is 8.74. The molecule has 1 amide bonds. The summed E-state index contributed by atoms with van der Waals surface area (Å²) in [6.07, 6.45) is 7.47. The number of primary amides is 1. The molecule has 3 rings (SSSR count). The van der Waals surface area contributed by atoms with Gasteiger partial charge in [0.15, 0.2) is 0 Å². The molecule has 0 radical (unpaired) electrons. The second kappa shape index (κ2) is 10.5. The first-order valence-corrected chi connectivity index (χ1v) is 11.1. The third-order valence-corrected chi connectivity index (χ3v) is 6.99. The molecule has 2 saturated heterocycles. The van der Waals surface area contributed by atoms with Crippen molar-refractivity contribution in [2.75, 3.05) is 25.1 Å². The van der Waals surface area contributed by atoms with E-state index in [1.807, 2.05) is 12.1 Å². The van der Waals surface area contributed by atoms with E-state index in [4.69, 9.17) is 15.7 Å². The monoisotopic (exact) mass is 409 g/mol. The standard InChI is InChI=1S/C23H32BN3O3/c1-30-23(29)21(6-7-22(26)28)19-2-4-20(5-3-19)27-14-10-18(11-15-27)17-8-12-24(16-25)13-9-17/h2-5,17-18,21H,6-15H2,1H3,(H2,26,28). The molecule has 0 aliphatic carbocycles. The molecule has 1 atom stereocenters.